The summed E-state index contributed by atoms with van der Waals surface area (Å²) in [6, 6.07) is -0.129. The summed E-state index contributed by atoms with van der Waals surface area (Å²) in [6.45, 7) is 3.81. The Morgan fingerprint density at radius 1 is 1.47 bits per heavy atom. The molecule has 1 fully saturated rings. The molecule has 6 nitrogen and oxygen atoms in total. The summed E-state index contributed by atoms with van der Waals surface area (Å²) < 4.78 is 1.61. The first kappa shape index (κ1) is 13.9. The Labute approximate surface area is 113 Å². The Hall–Kier alpha value is -1.56. The second-order valence-corrected chi connectivity index (χ2v) is 5.27. The molecule has 1 aromatic heterocycles. The van der Waals surface area contributed by atoms with Crippen molar-refractivity contribution >= 4 is 11.6 Å². The van der Waals surface area contributed by atoms with E-state index in [1.807, 2.05) is 13.8 Å². The van der Waals surface area contributed by atoms with Crippen molar-refractivity contribution in [3.63, 3.8) is 0 Å². The zero-order chi connectivity index (χ0) is 14.0. The fraction of sp³-hybridized carbons (Fsp3) is 0.692. The molecular weight excluding hydrogens is 244 g/mol. The third-order valence-corrected chi connectivity index (χ3v) is 3.81. The van der Waals surface area contributed by atoms with Gasteiger partial charge in [-0.3, -0.25) is 9.48 Å². The molecule has 0 aliphatic heterocycles. The van der Waals surface area contributed by atoms with Crippen LogP contribution < -0.4 is 11.1 Å². The second-order valence-electron chi connectivity index (χ2n) is 5.27. The molecule has 2 atom stereocenters. The van der Waals surface area contributed by atoms with Crippen molar-refractivity contribution in [3.05, 3.63) is 11.4 Å². The highest BCUT2D eigenvalue weighted by Gasteiger charge is 2.24. The molecule has 0 radical (unpaired) electrons. The van der Waals surface area contributed by atoms with Crippen molar-refractivity contribution in [1.82, 2.24) is 15.1 Å². The van der Waals surface area contributed by atoms with Gasteiger partial charge in [0.2, 0.25) is 5.91 Å². The molecule has 0 aromatic carbocycles. The number of carbonyl (C=O) groups excluding carboxylic acids is 1. The molecule has 1 heterocycles. The summed E-state index contributed by atoms with van der Waals surface area (Å²) in [6.07, 6.45) is 3.25. The molecule has 1 amide bonds. The number of amides is 1. The molecule has 1 aromatic rings. The Morgan fingerprint density at radius 3 is 2.74 bits per heavy atom. The number of nitrogens with zero attached hydrogens (tertiary/aromatic N) is 2. The van der Waals surface area contributed by atoms with Crippen LogP contribution in [-0.4, -0.2) is 32.9 Å². The van der Waals surface area contributed by atoms with Crippen LogP contribution >= 0.6 is 0 Å². The standard InChI is InChI=1S/C13H22N4O2/c1-8-13(14)9(2)17(16-8)7-12(19)15-10-5-3-4-6-11(10)18/h10-11,18H,3-7,14H2,1-2H3,(H,15,19)/t10-,11-/m1/s1. The SMILES string of the molecule is Cc1nn(CC(=O)N[C@@H]2CCCC[C@H]2O)c(C)c1N. The summed E-state index contributed by atoms with van der Waals surface area (Å²) in [4.78, 5) is 12.0. The van der Waals surface area contributed by atoms with Gasteiger partial charge in [0.25, 0.3) is 0 Å². The summed E-state index contributed by atoms with van der Waals surface area (Å²) in [7, 11) is 0. The number of anilines is 1. The molecule has 0 saturated heterocycles. The normalized spacial score (nSPS) is 23.3. The lowest BCUT2D eigenvalue weighted by molar-refractivity contribution is -0.123. The van der Waals surface area contributed by atoms with Gasteiger partial charge in [-0.15, -0.1) is 0 Å². The third-order valence-electron chi connectivity index (χ3n) is 3.81. The number of carbonyl (C=O) groups is 1. The van der Waals surface area contributed by atoms with Gasteiger partial charge < -0.3 is 16.2 Å². The molecular formula is C13H22N4O2. The quantitative estimate of drug-likeness (QED) is 0.742. The van der Waals surface area contributed by atoms with E-state index in [-0.39, 0.29) is 18.5 Å². The first-order valence-electron chi connectivity index (χ1n) is 6.76. The van der Waals surface area contributed by atoms with Crippen LogP contribution in [0.5, 0.6) is 0 Å². The smallest absolute Gasteiger partial charge is 0.242 e. The minimum Gasteiger partial charge on any atom is -0.396 e. The maximum Gasteiger partial charge on any atom is 0.242 e. The van der Waals surface area contributed by atoms with E-state index in [0.29, 0.717) is 5.69 Å². The molecule has 0 spiro atoms. The molecule has 1 aliphatic carbocycles. The number of aryl methyl sites for hydroxylation is 1. The van der Waals surface area contributed by atoms with E-state index < -0.39 is 6.10 Å². The predicted octanol–water partition coefficient (Wildman–Crippen LogP) is 0.502. The van der Waals surface area contributed by atoms with E-state index in [9.17, 15) is 9.90 Å². The van der Waals surface area contributed by atoms with E-state index in [4.69, 9.17) is 5.73 Å². The van der Waals surface area contributed by atoms with Gasteiger partial charge in [-0.05, 0) is 26.7 Å². The summed E-state index contributed by atoms with van der Waals surface area (Å²) >= 11 is 0. The first-order chi connectivity index (χ1) is 8.99. The van der Waals surface area contributed by atoms with E-state index in [1.165, 1.54) is 0 Å². The lowest BCUT2D eigenvalue weighted by Gasteiger charge is -2.28. The Bertz CT molecular complexity index is 469. The first-order valence-corrected chi connectivity index (χ1v) is 6.76. The molecule has 0 bridgehead atoms. The van der Waals surface area contributed by atoms with Crippen molar-refractivity contribution < 1.29 is 9.90 Å². The minimum atomic E-state index is -0.428. The molecule has 0 unspecified atom stereocenters. The number of aliphatic hydroxyl groups excluding tert-OH is 1. The van der Waals surface area contributed by atoms with E-state index >= 15 is 0 Å². The van der Waals surface area contributed by atoms with Crippen LogP contribution in [0.4, 0.5) is 5.69 Å². The average Bonchev–Trinajstić information content (AvgIpc) is 2.60. The number of aromatic nitrogens is 2. The lowest BCUT2D eigenvalue weighted by Crippen LogP contribution is -2.46. The van der Waals surface area contributed by atoms with Crippen LogP contribution in [0.1, 0.15) is 37.1 Å². The molecule has 1 aliphatic rings. The third kappa shape index (κ3) is 3.07. The lowest BCUT2D eigenvalue weighted by atomic mass is 9.92. The molecule has 1 saturated carbocycles. The fourth-order valence-corrected chi connectivity index (χ4v) is 2.53. The van der Waals surface area contributed by atoms with Crippen molar-refractivity contribution in [2.45, 2.75) is 58.2 Å². The summed E-state index contributed by atoms with van der Waals surface area (Å²) in [5, 5.41) is 16.9. The Balaban J connectivity index is 1.95. The second kappa shape index (κ2) is 5.61. The minimum absolute atomic E-state index is 0.128. The molecule has 4 N–H and O–H groups in total. The number of nitrogen functional groups attached to an aromatic ring is 1. The van der Waals surface area contributed by atoms with Crippen LogP contribution in [0.2, 0.25) is 0 Å². The highest BCUT2D eigenvalue weighted by atomic mass is 16.3. The van der Waals surface area contributed by atoms with Crippen molar-refractivity contribution in [2.75, 3.05) is 5.73 Å². The van der Waals surface area contributed by atoms with Crippen LogP contribution in [0.3, 0.4) is 0 Å². The van der Waals surface area contributed by atoms with Gasteiger partial charge in [-0.1, -0.05) is 12.8 Å². The van der Waals surface area contributed by atoms with E-state index in [1.54, 1.807) is 4.68 Å². The van der Waals surface area contributed by atoms with Crippen LogP contribution in [0.15, 0.2) is 0 Å². The van der Waals surface area contributed by atoms with Crippen LogP contribution in [-0.2, 0) is 11.3 Å². The monoisotopic (exact) mass is 266 g/mol. The number of aliphatic hydroxyl groups is 1. The van der Waals surface area contributed by atoms with Crippen LogP contribution in [0.25, 0.3) is 0 Å². The van der Waals surface area contributed by atoms with Gasteiger partial charge in [0.05, 0.1) is 29.2 Å². The topological polar surface area (TPSA) is 93.2 Å². The largest absolute Gasteiger partial charge is 0.396 e. The predicted molar refractivity (Wildman–Crippen MR) is 72.5 cm³/mol. The van der Waals surface area contributed by atoms with Crippen molar-refractivity contribution in [3.8, 4) is 0 Å². The summed E-state index contributed by atoms with van der Waals surface area (Å²) in [5.41, 5.74) is 8.00. The number of rotatable bonds is 3. The Morgan fingerprint density at radius 2 is 2.16 bits per heavy atom. The Kier molecular flexibility index (Phi) is 4.09. The number of nitrogens with two attached hydrogens (primary N) is 1. The van der Waals surface area contributed by atoms with E-state index in [0.717, 1.165) is 37.1 Å². The van der Waals surface area contributed by atoms with Gasteiger partial charge in [-0.25, -0.2) is 0 Å². The molecule has 106 valence electrons. The number of hydrogen-bond donors (Lipinski definition) is 3. The maximum atomic E-state index is 12.0. The highest BCUT2D eigenvalue weighted by Crippen LogP contribution is 2.18. The molecule has 6 heteroatoms. The van der Waals surface area contributed by atoms with Gasteiger partial charge >= 0.3 is 0 Å². The molecule has 2 rings (SSSR count). The van der Waals surface area contributed by atoms with Gasteiger partial charge in [0.15, 0.2) is 0 Å². The van der Waals surface area contributed by atoms with Gasteiger partial charge in [0.1, 0.15) is 6.54 Å². The van der Waals surface area contributed by atoms with Gasteiger partial charge in [0, 0.05) is 0 Å². The summed E-state index contributed by atoms with van der Waals surface area (Å²) in [5.74, 6) is -0.128. The highest BCUT2D eigenvalue weighted by molar-refractivity contribution is 5.76. The van der Waals surface area contributed by atoms with Crippen molar-refractivity contribution in [2.24, 2.45) is 0 Å². The maximum absolute atomic E-state index is 12.0. The van der Waals surface area contributed by atoms with Crippen LogP contribution in [0, 0.1) is 13.8 Å². The average molecular weight is 266 g/mol. The van der Waals surface area contributed by atoms with Gasteiger partial charge in [-0.2, -0.15) is 5.10 Å². The fourth-order valence-electron chi connectivity index (χ4n) is 2.53. The molecule has 19 heavy (non-hydrogen) atoms. The number of hydrogen-bond acceptors (Lipinski definition) is 4. The van der Waals surface area contributed by atoms with Crippen molar-refractivity contribution in [1.29, 1.82) is 0 Å². The number of nitrogens with one attached hydrogen (secondary N) is 1. The zero-order valence-electron chi connectivity index (χ0n) is 11.5. The zero-order valence-corrected chi connectivity index (χ0v) is 11.5. The van der Waals surface area contributed by atoms with E-state index in [2.05, 4.69) is 10.4 Å².